The summed E-state index contributed by atoms with van der Waals surface area (Å²) >= 11 is 0. The first-order valence-electron chi connectivity index (χ1n) is 6.83. The minimum Gasteiger partial charge on any atom is -0.325 e. The maximum atomic E-state index is 12.2. The zero-order chi connectivity index (χ0) is 13.7. The Kier molecular flexibility index (Phi) is 4.55. The second-order valence-electron chi connectivity index (χ2n) is 4.97. The summed E-state index contributed by atoms with van der Waals surface area (Å²) in [7, 11) is 0. The van der Waals surface area contributed by atoms with Gasteiger partial charge in [0.15, 0.2) is 0 Å². The van der Waals surface area contributed by atoms with E-state index in [1.165, 1.54) is 12.8 Å². The van der Waals surface area contributed by atoms with E-state index in [0.29, 0.717) is 5.56 Å². The van der Waals surface area contributed by atoms with Gasteiger partial charge in [-0.25, -0.2) is 4.79 Å². The van der Waals surface area contributed by atoms with E-state index in [4.69, 9.17) is 0 Å². The predicted molar refractivity (Wildman–Crippen MR) is 75.6 cm³/mol. The molecule has 1 saturated heterocycles. The normalized spacial score (nSPS) is 15.7. The Morgan fingerprint density at radius 1 is 1.21 bits per heavy atom. The van der Waals surface area contributed by atoms with E-state index in [-0.39, 0.29) is 6.03 Å². The van der Waals surface area contributed by atoms with Gasteiger partial charge in [0.1, 0.15) is 6.29 Å². The lowest BCUT2D eigenvalue weighted by Gasteiger charge is -2.21. The molecular weight excluding hydrogens is 240 g/mol. The van der Waals surface area contributed by atoms with Crippen molar-refractivity contribution in [3.63, 3.8) is 0 Å². The highest BCUT2D eigenvalue weighted by Crippen LogP contribution is 2.19. The highest BCUT2D eigenvalue weighted by molar-refractivity contribution is 5.92. The van der Waals surface area contributed by atoms with Crippen molar-refractivity contribution in [2.75, 3.05) is 18.4 Å². The van der Waals surface area contributed by atoms with Crippen molar-refractivity contribution in [3.05, 3.63) is 29.3 Å². The minimum atomic E-state index is -0.0620. The van der Waals surface area contributed by atoms with Crippen LogP contribution in [0.5, 0.6) is 0 Å². The van der Waals surface area contributed by atoms with Gasteiger partial charge in [0, 0.05) is 24.3 Å². The van der Waals surface area contributed by atoms with Crippen LogP contribution in [-0.4, -0.2) is 30.3 Å². The van der Waals surface area contributed by atoms with Gasteiger partial charge >= 0.3 is 6.03 Å². The number of carbonyl (C=O) groups is 2. The number of likely N-dealkylation sites (tertiary alicyclic amines) is 1. The van der Waals surface area contributed by atoms with Crippen molar-refractivity contribution < 1.29 is 9.59 Å². The first-order chi connectivity index (χ1) is 9.22. The van der Waals surface area contributed by atoms with Crippen LogP contribution in [0, 0.1) is 6.92 Å². The molecule has 102 valence electrons. The van der Waals surface area contributed by atoms with Crippen LogP contribution >= 0.6 is 0 Å². The number of hydrogen-bond donors (Lipinski definition) is 1. The van der Waals surface area contributed by atoms with Crippen molar-refractivity contribution in [1.82, 2.24) is 4.90 Å². The molecule has 19 heavy (non-hydrogen) atoms. The minimum absolute atomic E-state index is 0.0620. The van der Waals surface area contributed by atoms with Crippen LogP contribution in [0.25, 0.3) is 0 Å². The van der Waals surface area contributed by atoms with Crippen LogP contribution in [0.4, 0.5) is 10.5 Å². The summed E-state index contributed by atoms with van der Waals surface area (Å²) < 4.78 is 0. The monoisotopic (exact) mass is 260 g/mol. The fourth-order valence-corrected chi connectivity index (χ4v) is 2.38. The molecule has 0 radical (unpaired) electrons. The largest absolute Gasteiger partial charge is 0.325 e. The summed E-state index contributed by atoms with van der Waals surface area (Å²) in [5, 5.41) is 2.91. The van der Waals surface area contributed by atoms with Gasteiger partial charge < -0.3 is 10.2 Å². The highest BCUT2D eigenvalue weighted by Gasteiger charge is 2.16. The number of nitrogens with zero attached hydrogens (tertiary/aromatic N) is 1. The lowest BCUT2D eigenvalue weighted by Crippen LogP contribution is -2.35. The maximum absolute atomic E-state index is 12.2. The average Bonchev–Trinajstić information content (AvgIpc) is 2.70. The molecular formula is C15H20N2O2. The van der Waals surface area contributed by atoms with E-state index >= 15 is 0 Å². The molecule has 0 atom stereocenters. The molecule has 0 bridgehead atoms. The number of carbonyl (C=O) groups excluding carboxylic acids is 2. The predicted octanol–water partition coefficient (Wildman–Crippen LogP) is 3.22. The molecule has 4 heteroatoms. The van der Waals surface area contributed by atoms with Crippen molar-refractivity contribution in [2.45, 2.75) is 32.6 Å². The third kappa shape index (κ3) is 3.34. The number of anilines is 1. The Hall–Kier alpha value is -1.84. The molecule has 1 aliphatic heterocycles. The Labute approximate surface area is 113 Å². The quantitative estimate of drug-likeness (QED) is 0.830. The molecule has 0 aliphatic carbocycles. The van der Waals surface area contributed by atoms with Crippen LogP contribution in [0.15, 0.2) is 18.2 Å². The summed E-state index contributed by atoms with van der Waals surface area (Å²) in [6.07, 6.45) is 5.35. The Bertz CT molecular complexity index is 463. The van der Waals surface area contributed by atoms with Crippen LogP contribution in [0.2, 0.25) is 0 Å². The molecule has 1 aliphatic rings. The van der Waals surface area contributed by atoms with Gasteiger partial charge in [-0.15, -0.1) is 0 Å². The number of aldehydes is 1. The maximum Gasteiger partial charge on any atom is 0.321 e. The fourth-order valence-electron chi connectivity index (χ4n) is 2.38. The average molecular weight is 260 g/mol. The fraction of sp³-hybridized carbons (Fsp3) is 0.467. The van der Waals surface area contributed by atoms with Crippen molar-refractivity contribution in [3.8, 4) is 0 Å². The molecule has 1 aromatic carbocycles. The van der Waals surface area contributed by atoms with Crippen molar-refractivity contribution in [1.29, 1.82) is 0 Å². The van der Waals surface area contributed by atoms with Crippen LogP contribution in [0.3, 0.4) is 0 Å². The molecule has 2 rings (SSSR count). The molecule has 1 heterocycles. The summed E-state index contributed by atoms with van der Waals surface area (Å²) in [6.45, 7) is 3.48. The number of rotatable bonds is 2. The first kappa shape index (κ1) is 13.6. The van der Waals surface area contributed by atoms with E-state index in [0.717, 1.165) is 43.5 Å². The summed E-state index contributed by atoms with van der Waals surface area (Å²) in [5.41, 5.74) is 2.16. The van der Waals surface area contributed by atoms with E-state index in [1.54, 1.807) is 12.1 Å². The van der Waals surface area contributed by atoms with Crippen LogP contribution < -0.4 is 5.32 Å². The van der Waals surface area contributed by atoms with Gasteiger partial charge in [-0.1, -0.05) is 25.0 Å². The Morgan fingerprint density at radius 2 is 1.89 bits per heavy atom. The molecule has 1 N–H and O–H groups in total. The zero-order valence-corrected chi connectivity index (χ0v) is 11.3. The third-order valence-corrected chi connectivity index (χ3v) is 3.64. The summed E-state index contributed by atoms with van der Waals surface area (Å²) in [6, 6.07) is 5.31. The number of amides is 2. The molecule has 0 aromatic heterocycles. The van der Waals surface area contributed by atoms with Gasteiger partial charge in [-0.2, -0.15) is 0 Å². The van der Waals surface area contributed by atoms with Gasteiger partial charge in [-0.3, -0.25) is 4.79 Å². The van der Waals surface area contributed by atoms with Crippen LogP contribution in [-0.2, 0) is 0 Å². The molecule has 2 amide bonds. The molecule has 0 saturated carbocycles. The first-order valence-corrected chi connectivity index (χ1v) is 6.83. The molecule has 1 aromatic rings. The lowest BCUT2D eigenvalue weighted by atomic mass is 10.1. The molecule has 0 unspecified atom stereocenters. The zero-order valence-electron chi connectivity index (χ0n) is 11.3. The van der Waals surface area contributed by atoms with Crippen LogP contribution in [0.1, 0.15) is 41.6 Å². The summed E-state index contributed by atoms with van der Waals surface area (Å²) in [4.78, 5) is 24.9. The lowest BCUT2D eigenvalue weighted by molar-refractivity contribution is 0.112. The van der Waals surface area contributed by atoms with Gasteiger partial charge in [0.25, 0.3) is 0 Å². The SMILES string of the molecule is Cc1c(C=O)cccc1NC(=O)N1CCCCCC1. The van der Waals surface area contributed by atoms with E-state index < -0.39 is 0 Å². The Morgan fingerprint density at radius 3 is 2.53 bits per heavy atom. The van der Waals surface area contributed by atoms with Gasteiger partial charge in [0.05, 0.1) is 0 Å². The van der Waals surface area contributed by atoms with Crippen molar-refractivity contribution >= 4 is 18.0 Å². The second-order valence-corrected chi connectivity index (χ2v) is 4.97. The van der Waals surface area contributed by atoms with E-state index in [9.17, 15) is 9.59 Å². The number of nitrogens with one attached hydrogen (secondary N) is 1. The highest BCUT2D eigenvalue weighted by atomic mass is 16.2. The van der Waals surface area contributed by atoms with Gasteiger partial charge in [0.2, 0.25) is 0 Å². The van der Waals surface area contributed by atoms with E-state index in [2.05, 4.69) is 5.32 Å². The molecule has 4 nitrogen and oxygen atoms in total. The molecule has 0 spiro atoms. The summed E-state index contributed by atoms with van der Waals surface area (Å²) in [5.74, 6) is 0. The molecule has 1 fully saturated rings. The second kappa shape index (κ2) is 6.36. The smallest absolute Gasteiger partial charge is 0.321 e. The third-order valence-electron chi connectivity index (χ3n) is 3.64. The topological polar surface area (TPSA) is 49.4 Å². The number of hydrogen-bond acceptors (Lipinski definition) is 2. The van der Waals surface area contributed by atoms with Crippen molar-refractivity contribution in [2.24, 2.45) is 0 Å². The standard InChI is InChI=1S/C15H20N2O2/c1-12-13(11-18)7-6-8-14(12)16-15(19)17-9-4-2-3-5-10-17/h6-8,11H,2-5,9-10H2,1H3,(H,16,19). The Balaban J connectivity index is 2.07. The number of urea groups is 1. The van der Waals surface area contributed by atoms with Gasteiger partial charge in [-0.05, 0) is 31.4 Å². The van der Waals surface area contributed by atoms with E-state index in [1.807, 2.05) is 17.9 Å². The number of benzene rings is 1.